The smallest absolute Gasteiger partial charge is 0.347 e. The Kier molecular flexibility index (Phi) is 4.55. The van der Waals surface area contributed by atoms with E-state index < -0.39 is 11.9 Å². The van der Waals surface area contributed by atoms with E-state index in [4.69, 9.17) is 4.74 Å². The van der Waals surface area contributed by atoms with Crippen molar-refractivity contribution in [3.63, 3.8) is 0 Å². The van der Waals surface area contributed by atoms with E-state index in [1.54, 1.807) is 18.2 Å². The highest BCUT2D eigenvalue weighted by Gasteiger charge is 2.29. The van der Waals surface area contributed by atoms with Crippen LogP contribution in [-0.4, -0.2) is 18.5 Å². The monoisotopic (exact) mass is 262 g/mol. The third kappa shape index (κ3) is 3.34. The van der Waals surface area contributed by atoms with Gasteiger partial charge in [-0.05, 0) is 24.6 Å². The van der Waals surface area contributed by atoms with Gasteiger partial charge < -0.3 is 9.47 Å². The molecule has 0 N–H and O–H groups in total. The van der Waals surface area contributed by atoms with E-state index in [2.05, 4.69) is 11.7 Å². The molecule has 0 amide bonds. The molecule has 0 aliphatic carbocycles. The lowest BCUT2D eigenvalue weighted by Crippen LogP contribution is -1.99. The first kappa shape index (κ1) is 13.6. The van der Waals surface area contributed by atoms with Crippen LogP contribution in [-0.2, 0) is 4.74 Å². The molecule has 4 nitrogen and oxygen atoms in total. The van der Waals surface area contributed by atoms with Crippen LogP contribution in [0.1, 0.15) is 59.7 Å². The molecular formula is C15H18O4. The van der Waals surface area contributed by atoms with Crippen LogP contribution in [0.4, 0.5) is 0 Å². The van der Waals surface area contributed by atoms with Crippen molar-refractivity contribution < 1.29 is 19.1 Å². The molecule has 0 spiro atoms. The lowest BCUT2D eigenvalue weighted by atomic mass is 10.1. The zero-order valence-electron chi connectivity index (χ0n) is 11.1. The molecule has 1 aromatic carbocycles. The van der Waals surface area contributed by atoms with Crippen molar-refractivity contribution in [3.8, 4) is 5.75 Å². The maximum Gasteiger partial charge on any atom is 0.347 e. The summed E-state index contributed by atoms with van der Waals surface area (Å²) in [7, 11) is 0. The fraction of sp³-hybridized carbons (Fsp3) is 0.467. The minimum Gasteiger partial charge on any atom is -0.494 e. The zero-order chi connectivity index (χ0) is 13.7. The lowest BCUT2D eigenvalue weighted by molar-refractivity contribution is 0.0443. The fourth-order valence-corrected chi connectivity index (χ4v) is 2.05. The summed E-state index contributed by atoms with van der Waals surface area (Å²) in [4.78, 5) is 22.6. The number of unbranched alkanes of at least 4 members (excludes halogenated alkanes) is 4. The SMILES string of the molecule is CCCCCCCOc1ccc2c(c1)C(=O)OC2=O. The highest BCUT2D eigenvalue weighted by Crippen LogP contribution is 2.24. The first-order chi connectivity index (χ1) is 9.22. The molecule has 0 unspecified atom stereocenters. The topological polar surface area (TPSA) is 52.6 Å². The summed E-state index contributed by atoms with van der Waals surface area (Å²) >= 11 is 0. The van der Waals surface area contributed by atoms with Gasteiger partial charge in [0.05, 0.1) is 17.7 Å². The second-order valence-electron chi connectivity index (χ2n) is 4.65. The summed E-state index contributed by atoms with van der Waals surface area (Å²) in [5.41, 5.74) is 0.619. The summed E-state index contributed by atoms with van der Waals surface area (Å²) in [6, 6.07) is 4.86. The normalized spacial score (nSPS) is 13.3. The van der Waals surface area contributed by atoms with Crippen LogP contribution < -0.4 is 4.74 Å². The molecule has 1 heterocycles. The summed E-state index contributed by atoms with van der Waals surface area (Å²) in [6.45, 7) is 2.81. The predicted molar refractivity (Wildman–Crippen MR) is 70.4 cm³/mol. The Balaban J connectivity index is 1.84. The van der Waals surface area contributed by atoms with Crippen molar-refractivity contribution in [2.24, 2.45) is 0 Å². The molecule has 1 aliphatic rings. The van der Waals surface area contributed by atoms with Crippen LogP contribution in [0, 0.1) is 0 Å². The van der Waals surface area contributed by atoms with Gasteiger partial charge in [0.2, 0.25) is 0 Å². The fourth-order valence-electron chi connectivity index (χ4n) is 2.05. The van der Waals surface area contributed by atoms with Crippen LogP contribution in [0.25, 0.3) is 0 Å². The Morgan fingerprint density at radius 2 is 1.74 bits per heavy atom. The van der Waals surface area contributed by atoms with Crippen molar-refractivity contribution in [1.82, 2.24) is 0 Å². The van der Waals surface area contributed by atoms with Crippen LogP contribution in [0.2, 0.25) is 0 Å². The van der Waals surface area contributed by atoms with Crippen molar-refractivity contribution in [3.05, 3.63) is 29.3 Å². The average molecular weight is 262 g/mol. The van der Waals surface area contributed by atoms with Crippen LogP contribution in [0.15, 0.2) is 18.2 Å². The molecule has 0 saturated heterocycles. The molecule has 0 atom stereocenters. The van der Waals surface area contributed by atoms with Gasteiger partial charge in [-0.25, -0.2) is 9.59 Å². The van der Waals surface area contributed by atoms with E-state index in [1.807, 2.05) is 0 Å². The van der Waals surface area contributed by atoms with Gasteiger partial charge in [-0.2, -0.15) is 0 Å². The standard InChI is InChI=1S/C15H18O4/c1-2-3-4-5-6-9-18-11-7-8-12-13(10-11)15(17)19-14(12)16/h7-8,10H,2-6,9H2,1H3. The molecule has 1 aliphatic heterocycles. The number of rotatable bonds is 7. The number of benzene rings is 1. The van der Waals surface area contributed by atoms with E-state index in [0.29, 0.717) is 23.5 Å². The number of esters is 2. The van der Waals surface area contributed by atoms with Gasteiger partial charge in [-0.15, -0.1) is 0 Å². The van der Waals surface area contributed by atoms with Crippen molar-refractivity contribution in [2.45, 2.75) is 39.0 Å². The quantitative estimate of drug-likeness (QED) is 0.429. The molecular weight excluding hydrogens is 244 g/mol. The number of fused-ring (bicyclic) bond motifs is 1. The molecule has 0 radical (unpaired) electrons. The molecule has 19 heavy (non-hydrogen) atoms. The van der Waals surface area contributed by atoms with Crippen molar-refractivity contribution in [2.75, 3.05) is 6.61 Å². The molecule has 2 rings (SSSR count). The number of carbonyl (C=O) groups is 2. The van der Waals surface area contributed by atoms with Gasteiger partial charge in [0.1, 0.15) is 5.75 Å². The molecule has 0 aromatic heterocycles. The Hall–Kier alpha value is -1.84. The molecule has 0 bridgehead atoms. The molecule has 1 aromatic rings. The molecule has 102 valence electrons. The summed E-state index contributed by atoms with van der Waals surface area (Å²) in [5, 5.41) is 0. The largest absolute Gasteiger partial charge is 0.494 e. The average Bonchev–Trinajstić information content (AvgIpc) is 2.69. The molecule has 0 fully saturated rings. The first-order valence-corrected chi connectivity index (χ1v) is 6.75. The maximum absolute atomic E-state index is 11.4. The number of hydrogen-bond donors (Lipinski definition) is 0. The van der Waals surface area contributed by atoms with E-state index in [1.165, 1.54) is 19.3 Å². The third-order valence-electron chi connectivity index (χ3n) is 3.13. The zero-order valence-corrected chi connectivity index (χ0v) is 11.1. The summed E-state index contributed by atoms with van der Waals surface area (Å²) in [6.07, 6.45) is 5.86. The maximum atomic E-state index is 11.4. The lowest BCUT2D eigenvalue weighted by Gasteiger charge is -2.06. The minimum atomic E-state index is -0.589. The highest BCUT2D eigenvalue weighted by atomic mass is 16.6. The van der Waals surface area contributed by atoms with Gasteiger partial charge in [-0.3, -0.25) is 0 Å². The molecule has 0 saturated carbocycles. The van der Waals surface area contributed by atoms with E-state index in [0.717, 1.165) is 12.8 Å². The Labute approximate surface area is 112 Å². The van der Waals surface area contributed by atoms with Gasteiger partial charge in [0, 0.05) is 0 Å². The highest BCUT2D eigenvalue weighted by molar-refractivity contribution is 6.14. The van der Waals surface area contributed by atoms with E-state index in [-0.39, 0.29) is 0 Å². The Bertz CT molecular complexity index is 479. The predicted octanol–water partition coefficient (Wildman–Crippen LogP) is 3.35. The van der Waals surface area contributed by atoms with Gasteiger partial charge in [0.25, 0.3) is 0 Å². The van der Waals surface area contributed by atoms with Crippen molar-refractivity contribution in [1.29, 1.82) is 0 Å². The van der Waals surface area contributed by atoms with Gasteiger partial charge in [0.15, 0.2) is 0 Å². The van der Waals surface area contributed by atoms with Gasteiger partial charge in [-0.1, -0.05) is 32.6 Å². The second-order valence-corrected chi connectivity index (χ2v) is 4.65. The Morgan fingerprint density at radius 1 is 1.00 bits per heavy atom. The van der Waals surface area contributed by atoms with Crippen LogP contribution in [0.5, 0.6) is 5.75 Å². The van der Waals surface area contributed by atoms with Crippen molar-refractivity contribution >= 4 is 11.9 Å². The number of hydrogen-bond acceptors (Lipinski definition) is 4. The second kappa shape index (κ2) is 6.36. The van der Waals surface area contributed by atoms with Crippen LogP contribution in [0.3, 0.4) is 0 Å². The number of cyclic esters (lactones) is 2. The number of ether oxygens (including phenoxy) is 2. The first-order valence-electron chi connectivity index (χ1n) is 6.75. The van der Waals surface area contributed by atoms with E-state index in [9.17, 15) is 9.59 Å². The third-order valence-corrected chi connectivity index (χ3v) is 3.13. The van der Waals surface area contributed by atoms with Gasteiger partial charge >= 0.3 is 11.9 Å². The minimum absolute atomic E-state index is 0.300. The summed E-state index contributed by atoms with van der Waals surface area (Å²) in [5.74, 6) is -0.555. The summed E-state index contributed by atoms with van der Waals surface area (Å²) < 4.78 is 10.1. The molecule has 4 heteroatoms. The number of carbonyl (C=O) groups excluding carboxylic acids is 2. The Morgan fingerprint density at radius 3 is 2.53 bits per heavy atom. The van der Waals surface area contributed by atoms with Crippen LogP contribution >= 0.6 is 0 Å². The van der Waals surface area contributed by atoms with E-state index >= 15 is 0 Å².